The van der Waals surface area contributed by atoms with Crippen molar-refractivity contribution in [3.63, 3.8) is 0 Å². The van der Waals surface area contributed by atoms with Gasteiger partial charge < -0.3 is 16.4 Å². The molecule has 5 nitrogen and oxygen atoms in total. The summed E-state index contributed by atoms with van der Waals surface area (Å²) in [5.74, 6) is -0.514. The molecule has 2 aromatic carbocycles. The standard InChI is InChI=1S/C15H14BrN3O2/c1-18-14(20)9-4-2-5-10(8-9)19-15(21)11-6-3-7-12(17)13(11)16/h2-8H,17H2,1H3,(H,18,20)(H,19,21). The number of halogens is 1. The second kappa shape index (κ2) is 6.41. The predicted molar refractivity (Wildman–Crippen MR) is 86.3 cm³/mol. The smallest absolute Gasteiger partial charge is 0.256 e. The van der Waals surface area contributed by atoms with E-state index in [-0.39, 0.29) is 11.8 Å². The summed E-state index contributed by atoms with van der Waals surface area (Å²) in [5, 5.41) is 5.28. The Hall–Kier alpha value is -2.34. The minimum Gasteiger partial charge on any atom is -0.398 e. The molecule has 0 atom stereocenters. The van der Waals surface area contributed by atoms with E-state index < -0.39 is 0 Å². The van der Waals surface area contributed by atoms with Crippen molar-refractivity contribution in [3.8, 4) is 0 Å². The number of nitrogen functional groups attached to an aromatic ring is 1. The van der Waals surface area contributed by atoms with E-state index in [0.29, 0.717) is 27.0 Å². The molecule has 0 bridgehead atoms. The molecule has 0 aliphatic rings. The zero-order valence-corrected chi connectivity index (χ0v) is 12.9. The molecule has 2 aromatic rings. The number of carbonyl (C=O) groups is 2. The summed E-state index contributed by atoms with van der Waals surface area (Å²) >= 11 is 3.29. The summed E-state index contributed by atoms with van der Waals surface area (Å²) in [6.07, 6.45) is 0. The molecule has 0 aromatic heterocycles. The second-order valence-electron chi connectivity index (χ2n) is 4.32. The highest BCUT2D eigenvalue weighted by atomic mass is 79.9. The molecular formula is C15H14BrN3O2. The number of nitrogens with one attached hydrogen (secondary N) is 2. The number of anilines is 2. The first-order valence-electron chi connectivity index (χ1n) is 6.20. The fraction of sp³-hybridized carbons (Fsp3) is 0.0667. The van der Waals surface area contributed by atoms with E-state index in [1.54, 1.807) is 49.5 Å². The zero-order valence-electron chi connectivity index (χ0n) is 11.3. The van der Waals surface area contributed by atoms with Crippen LogP contribution in [0.2, 0.25) is 0 Å². The summed E-state index contributed by atoms with van der Waals surface area (Å²) in [5.41, 5.74) is 7.68. The predicted octanol–water partition coefficient (Wildman–Crippen LogP) is 2.64. The maximum absolute atomic E-state index is 12.2. The van der Waals surface area contributed by atoms with E-state index in [4.69, 9.17) is 5.73 Å². The molecule has 21 heavy (non-hydrogen) atoms. The lowest BCUT2D eigenvalue weighted by atomic mass is 10.1. The molecule has 0 unspecified atom stereocenters. The van der Waals surface area contributed by atoms with Crippen LogP contribution in [0.1, 0.15) is 20.7 Å². The molecule has 6 heteroatoms. The number of nitrogens with two attached hydrogens (primary N) is 1. The third-order valence-corrected chi connectivity index (χ3v) is 3.77. The fourth-order valence-corrected chi connectivity index (χ4v) is 2.25. The molecular weight excluding hydrogens is 334 g/mol. The quantitative estimate of drug-likeness (QED) is 0.746. The Morgan fingerprint density at radius 2 is 1.81 bits per heavy atom. The maximum Gasteiger partial charge on any atom is 0.256 e. The van der Waals surface area contributed by atoms with E-state index in [0.717, 1.165) is 0 Å². The van der Waals surface area contributed by atoms with Crippen LogP contribution >= 0.6 is 15.9 Å². The molecule has 108 valence electrons. The summed E-state index contributed by atoms with van der Waals surface area (Å²) in [4.78, 5) is 23.8. The van der Waals surface area contributed by atoms with Crippen molar-refractivity contribution in [1.82, 2.24) is 5.32 Å². The van der Waals surface area contributed by atoms with Gasteiger partial charge in [0, 0.05) is 24.0 Å². The molecule has 4 N–H and O–H groups in total. The zero-order chi connectivity index (χ0) is 15.4. The van der Waals surface area contributed by atoms with E-state index >= 15 is 0 Å². The molecule has 2 rings (SSSR count). The molecule has 0 saturated heterocycles. The number of amides is 2. The van der Waals surface area contributed by atoms with Crippen molar-refractivity contribution in [3.05, 3.63) is 58.1 Å². The van der Waals surface area contributed by atoms with Crippen molar-refractivity contribution < 1.29 is 9.59 Å². The topological polar surface area (TPSA) is 84.2 Å². The molecule has 0 aliphatic heterocycles. The van der Waals surface area contributed by atoms with E-state index in [1.165, 1.54) is 0 Å². The molecule has 0 fully saturated rings. The molecule has 2 amide bonds. The van der Waals surface area contributed by atoms with Crippen molar-refractivity contribution >= 4 is 39.1 Å². The first-order chi connectivity index (χ1) is 10.0. The largest absolute Gasteiger partial charge is 0.398 e. The average molecular weight is 348 g/mol. The Bertz CT molecular complexity index is 701. The van der Waals surface area contributed by atoms with Gasteiger partial charge in [-0.15, -0.1) is 0 Å². The van der Waals surface area contributed by atoms with Crippen LogP contribution in [0.15, 0.2) is 46.9 Å². The average Bonchev–Trinajstić information content (AvgIpc) is 2.49. The van der Waals surface area contributed by atoms with Gasteiger partial charge in [0.05, 0.1) is 10.0 Å². The van der Waals surface area contributed by atoms with Gasteiger partial charge in [-0.2, -0.15) is 0 Å². The van der Waals surface area contributed by atoms with Gasteiger partial charge >= 0.3 is 0 Å². The third kappa shape index (κ3) is 3.41. The number of benzene rings is 2. The SMILES string of the molecule is CNC(=O)c1cccc(NC(=O)c2cccc(N)c2Br)c1. The summed E-state index contributed by atoms with van der Waals surface area (Å²) in [6.45, 7) is 0. The highest BCUT2D eigenvalue weighted by molar-refractivity contribution is 9.10. The van der Waals surface area contributed by atoms with Crippen molar-refractivity contribution in [2.45, 2.75) is 0 Å². The molecule has 0 radical (unpaired) electrons. The number of carbonyl (C=O) groups excluding carboxylic acids is 2. The first-order valence-corrected chi connectivity index (χ1v) is 6.99. The Morgan fingerprint density at radius 3 is 2.52 bits per heavy atom. The summed E-state index contributed by atoms with van der Waals surface area (Å²) in [6, 6.07) is 11.8. The Balaban J connectivity index is 2.24. The molecule has 0 aliphatic carbocycles. The Labute approximate surface area is 130 Å². The highest BCUT2D eigenvalue weighted by Gasteiger charge is 2.12. The van der Waals surface area contributed by atoms with Crippen LogP contribution in [0.5, 0.6) is 0 Å². The van der Waals surface area contributed by atoms with Crippen LogP contribution in [0.4, 0.5) is 11.4 Å². The van der Waals surface area contributed by atoms with Crippen LogP contribution in [0.3, 0.4) is 0 Å². The van der Waals surface area contributed by atoms with Gasteiger partial charge in [-0.1, -0.05) is 12.1 Å². The van der Waals surface area contributed by atoms with Crippen molar-refractivity contribution in [1.29, 1.82) is 0 Å². The lowest BCUT2D eigenvalue weighted by Gasteiger charge is -2.09. The van der Waals surface area contributed by atoms with Crippen LogP contribution < -0.4 is 16.4 Å². The molecule has 0 spiro atoms. The number of hydrogen-bond acceptors (Lipinski definition) is 3. The van der Waals surface area contributed by atoms with Gasteiger partial charge in [-0.25, -0.2) is 0 Å². The van der Waals surface area contributed by atoms with Gasteiger partial charge in [-0.05, 0) is 46.3 Å². The number of hydrogen-bond donors (Lipinski definition) is 3. The summed E-state index contributed by atoms with van der Waals surface area (Å²) < 4.78 is 0.546. The second-order valence-corrected chi connectivity index (χ2v) is 5.12. The van der Waals surface area contributed by atoms with Crippen LogP contribution in [0.25, 0.3) is 0 Å². The van der Waals surface area contributed by atoms with E-state index in [2.05, 4.69) is 26.6 Å². The van der Waals surface area contributed by atoms with Gasteiger partial charge in [0.25, 0.3) is 11.8 Å². The van der Waals surface area contributed by atoms with Crippen LogP contribution in [0, 0.1) is 0 Å². The maximum atomic E-state index is 12.2. The Morgan fingerprint density at radius 1 is 1.10 bits per heavy atom. The lowest BCUT2D eigenvalue weighted by Crippen LogP contribution is -2.18. The van der Waals surface area contributed by atoms with E-state index in [9.17, 15) is 9.59 Å². The molecule has 0 saturated carbocycles. The lowest BCUT2D eigenvalue weighted by molar-refractivity contribution is 0.0961. The highest BCUT2D eigenvalue weighted by Crippen LogP contribution is 2.24. The molecule has 0 heterocycles. The van der Waals surface area contributed by atoms with Gasteiger partial charge in [-0.3, -0.25) is 9.59 Å². The first kappa shape index (κ1) is 15.1. The van der Waals surface area contributed by atoms with Gasteiger partial charge in [0.1, 0.15) is 0 Å². The van der Waals surface area contributed by atoms with Gasteiger partial charge in [0.2, 0.25) is 0 Å². The Kier molecular flexibility index (Phi) is 4.59. The summed E-state index contributed by atoms with van der Waals surface area (Å²) in [7, 11) is 1.55. The fourth-order valence-electron chi connectivity index (χ4n) is 1.81. The number of rotatable bonds is 3. The minimum absolute atomic E-state index is 0.212. The monoisotopic (exact) mass is 347 g/mol. The third-order valence-electron chi connectivity index (χ3n) is 2.88. The normalized spacial score (nSPS) is 10.0. The van der Waals surface area contributed by atoms with E-state index in [1.807, 2.05) is 0 Å². The van der Waals surface area contributed by atoms with Crippen LogP contribution in [-0.4, -0.2) is 18.9 Å². The van der Waals surface area contributed by atoms with Gasteiger partial charge in [0.15, 0.2) is 0 Å². The van der Waals surface area contributed by atoms with Crippen LogP contribution in [-0.2, 0) is 0 Å². The minimum atomic E-state index is -0.303. The van der Waals surface area contributed by atoms with Crippen molar-refractivity contribution in [2.24, 2.45) is 0 Å². The van der Waals surface area contributed by atoms with Crippen molar-refractivity contribution in [2.75, 3.05) is 18.1 Å².